The molecule has 0 atom stereocenters. The molecule has 0 unspecified atom stereocenters. The summed E-state index contributed by atoms with van der Waals surface area (Å²) in [6.45, 7) is 11.9. The van der Waals surface area contributed by atoms with E-state index in [1.54, 1.807) is 12.1 Å². The van der Waals surface area contributed by atoms with E-state index in [9.17, 15) is 9.59 Å². The average molecular weight is 354 g/mol. The highest BCUT2D eigenvalue weighted by molar-refractivity contribution is 6.31. The van der Waals surface area contributed by atoms with E-state index >= 15 is 0 Å². The summed E-state index contributed by atoms with van der Waals surface area (Å²) in [7, 11) is 0. The molecule has 2 aromatic rings. The summed E-state index contributed by atoms with van der Waals surface area (Å²) >= 11 is 0. The fourth-order valence-corrected chi connectivity index (χ4v) is 2.45. The van der Waals surface area contributed by atoms with Crippen LogP contribution in [-0.2, 0) is 9.59 Å². The normalized spacial score (nSPS) is 10.9. The molecule has 2 aromatic carbocycles. The second-order valence-corrected chi connectivity index (χ2v) is 7.14. The van der Waals surface area contributed by atoms with Gasteiger partial charge in [-0.05, 0) is 60.1 Å². The van der Waals surface area contributed by atoms with Crippen LogP contribution in [-0.4, -0.2) is 11.9 Å². The van der Waals surface area contributed by atoms with Gasteiger partial charge in [-0.3, -0.25) is 0 Å². The number of carbonyl (C=O) groups excluding carboxylic acids is 2. The highest BCUT2D eigenvalue weighted by Crippen LogP contribution is 2.26. The van der Waals surface area contributed by atoms with Crippen LogP contribution in [0.15, 0.2) is 36.4 Å². The zero-order valence-electron chi connectivity index (χ0n) is 16.3. The first-order chi connectivity index (χ1) is 12.2. The molecule has 0 aliphatic heterocycles. The smallest absolute Gasteiger partial charge is 0.418 e. The topological polar surface area (TPSA) is 52.6 Å². The van der Waals surface area contributed by atoms with Gasteiger partial charge in [0.05, 0.1) is 0 Å². The highest BCUT2D eigenvalue weighted by atomic mass is 16.6. The Bertz CT molecular complexity index is 749. The lowest BCUT2D eigenvalue weighted by atomic mass is 10.0. The average Bonchev–Trinajstić information content (AvgIpc) is 2.58. The lowest BCUT2D eigenvalue weighted by molar-refractivity contribution is -0.156. The van der Waals surface area contributed by atoms with Gasteiger partial charge in [0, 0.05) is 0 Å². The number of benzene rings is 2. The third-order valence-electron chi connectivity index (χ3n) is 4.33. The van der Waals surface area contributed by atoms with E-state index < -0.39 is 11.9 Å². The summed E-state index contributed by atoms with van der Waals surface area (Å²) in [5.74, 6) is -0.703. The molecule has 0 bridgehead atoms. The van der Waals surface area contributed by atoms with Crippen LogP contribution in [0.4, 0.5) is 0 Å². The Balaban J connectivity index is 2.15. The van der Waals surface area contributed by atoms with E-state index in [-0.39, 0.29) is 0 Å². The Kier molecular flexibility index (Phi) is 6.19. The Hall–Kier alpha value is -2.62. The van der Waals surface area contributed by atoms with Crippen LogP contribution in [0.2, 0.25) is 0 Å². The fraction of sp³-hybridized carbons (Fsp3) is 0.364. The summed E-state index contributed by atoms with van der Waals surface area (Å²) in [5, 5.41) is 0. The van der Waals surface area contributed by atoms with Crippen molar-refractivity contribution < 1.29 is 19.1 Å². The number of aryl methyl sites for hydroxylation is 2. The van der Waals surface area contributed by atoms with Crippen molar-refractivity contribution >= 4 is 11.9 Å². The maximum Gasteiger partial charge on any atom is 0.423 e. The molecule has 0 saturated heterocycles. The van der Waals surface area contributed by atoms with E-state index in [4.69, 9.17) is 9.47 Å². The molecule has 0 fully saturated rings. The second kappa shape index (κ2) is 8.17. The van der Waals surface area contributed by atoms with Gasteiger partial charge in [-0.2, -0.15) is 0 Å². The van der Waals surface area contributed by atoms with Gasteiger partial charge in [-0.1, -0.05) is 52.0 Å². The van der Waals surface area contributed by atoms with Crippen LogP contribution in [0.1, 0.15) is 61.8 Å². The van der Waals surface area contributed by atoms with Crippen molar-refractivity contribution in [2.75, 3.05) is 0 Å². The van der Waals surface area contributed by atoms with Crippen molar-refractivity contribution in [1.82, 2.24) is 0 Å². The molecular formula is C22H26O4. The minimum Gasteiger partial charge on any atom is -0.418 e. The van der Waals surface area contributed by atoms with E-state index in [2.05, 4.69) is 27.7 Å². The van der Waals surface area contributed by atoms with E-state index in [1.165, 1.54) is 0 Å². The molecule has 26 heavy (non-hydrogen) atoms. The first-order valence-electron chi connectivity index (χ1n) is 8.84. The highest BCUT2D eigenvalue weighted by Gasteiger charge is 2.21. The minimum atomic E-state index is -1.02. The van der Waals surface area contributed by atoms with Gasteiger partial charge in [0.25, 0.3) is 0 Å². The molecule has 0 amide bonds. The van der Waals surface area contributed by atoms with Crippen LogP contribution in [0, 0.1) is 13.8 Å². The molecule has 4 nitrogen and oxygen atoms in total. The summed E-state index contributed by atoms with van der Waals surface area (Å²) in [5.41, 5.74) is 3.64. The predicted octanol–water partition coefficient (Wildman–Crippen LogP) is 5.06. The van der Waals surface area contributed by atoms with Gasteiger partial charge in [0.15, 0.2) is 0 Å². The zero-order chi connectivity index (χ0) is 19.4. The molecule has 138 valence electrons. The molecule has 0 N–H and O–H groups in total. The maximum absolute atomic E-state index is 12.2. The lowest BCUT2D eigenvalue weighted by Gasteiger charge is -2.13. The van der Waals surface area contributed by atoms with Gasteiger partial charge in [-0.15, -0.1) is 0 Å². The zero-order valence-corrected chi connectivity index (χ0v) is 16.3. The van der Waals surface area contributed by atoms with Crippen LogP contribution >= 0.6 is 0 Å². The molecule has 0 radical (unpaired) electrons. The predicted molar refractivity (Wildman–Crippen MR) is 102 cm³/mol. The van der Waals surface area contributed by atoms with Gasteiger partial charge in [0.1, 0.15) is 11.5 Å². The number of ether oxygens (including phenoxy) is 2. The second-order valence-electron chi connectivity index (χ2n) is 7.14. The van der Waals surface area contributed by atoms with Crippen molar-refractivity contribution in [3.05, 3.63) is 58.7 Å². The monoisotopic (exact) mass is 354 g/mol. The molecule has 0 saturated carbocycles. The van der Waals surface area contributed by atoms with Crippen LogP contribution < -0.4 is 9.47 Å². The molecule has 0 aromatic heterocycles. The molecule has 0 spiro atoms. The fourth-order valence-electron chi connectivity index (χ4n) is 2.45. The van der Waals surface area contributed by atoms with Crippen molar-refractivity contribution in [3.63, 3.8) is 0 Å². The molecular weight excluding hydrogens is 328 g/mol. The molecule has 2 rings (SSSR count). The standard InChI is InChI=1S/C22H26O4/c1-13(2)17-9-7-15(5)19(11-17)25-21(23)22(24)26-20-12-18(14(3)4)10-8-16(20)6/h7-14H,1-6H3. The third-order valence-corrected chi connectivity index (χ3v) is 4.33. The molecule has 0 aliphatic carbocycles. The van der Waals surface area contributed by atoms with E-state index in [0.717, 1.165) is 22.3 Å². The number of rotatable bonds is 4. The van der Waals surface area contributed by atoms with Crippen molar-refractivity contribution in [1.29, 1.82) is 0 Å². The lowest BCUT2D eigenvalue weighted by Crippen LogP contribution is -2.26. The number of esters is 2. The van der Waals surface area contributed by atoms with Crippen molar-refractivity contribution in [3.8, 4) is 11.5 Å². The van der Waals surface area contributed by atoms with E-state index in [1.807, 2.05) is 38.1 Å². The van der Waals surface area contributed by atoms with Crippen LogP contribution in [0.3, 0.4) is 0 Å². The SMILES string of the molecule is Cc1ccc(C(C)C)cc1OC(=O)C(=O)Oc1cc(C(C)C)ccc1C. The summed E-state index contributed by atoms with van der Waals surface area (Å²) in [4.78, 5) is 24.4. The third kappa shape index (κ3) is 4.72. The van der Waals surface area contributed by atoms with E-state index in [0.29, 0.717) is 23.3 Å². The first kappa shape index (κ1) is 19.7. The number of hydrogen-bond donors (Lipinski definition) is 0. The summed E-state index contributed by atoms with van der Waals surface area (Å²) < 4.78 is 10.5. The van der Waals surface area contributed by atoms with Crippen molar-refractivity contribution in [2.24, 2.45) is 0 Å². The van der Waals surface area contributed by atoms with Crippen LogP contribution in [0.5, 0.6) is 11.5 Å². The largest absolute Gasteiger partial charge is 0.423 e. The Morgan fingerprint density at radius 2 is 1.04 bits per heavy atom. The Morgan fingerprint density at radius 3 is 1.35 bits per heavy atom. The Labute approximate surface area is 155 Å². The summed E-state index contributed by atoms with van der Waals surface area (Å²) in [6.07, 6.45) is 0. The Morgan fingerprint density at radius 1 is 0.692 bits per heavy atom. The van der Waals surface area contributed by atoms with Gasteiger partial charge < -0.3 is 9.47 Å². The summed E-state index contributed by atoms with van der Waals surface area (Å²) in [6, 6.07) is 11.3. The molecule has 0 aliphatic rings. The van der Waals surface area contributed by atoms with Gasteiger partial charge >= 0.3 is 11.9 Å². The van der Waals surface area contributed by atoms with Crippen molar-refractivity contribution in [2.45, 2.75) is 53.4 Å². The molecule has 4 heteroatoms. The van der Waals surface area contributed by atoms with Crippen LogP contribution in [0.25, 0.3) is 0 Å². The first-order valence-corrected chi connectivity index (χ1v) is 8.84. The number of hydrogen-bond acceptors (Lipinski definition) is 4. The number of carbonyl (C=O) groups is 2. The van der Waals surface area contributed by atoms with Gasteiger partial charge in [0.2, 0.25) is 0 Å². The van der Waals surface area contributed by atoms with Gasteiger partial charge in [-0.25, -0.2) is 9.59 Å². The minimum absolute atomic E-state index is 0.293. The quantitative estimate of drug-likeness (QED) is 0.437. The molecule has 0 heterocycles. The maximum atomic E-state index is 12.2.